The lowest BCUT2D eigenvalue weighted by Gasteiger charge is -2.23. The van der Waals surface area contributed by atoms with Gasteiger partial charge in [0.25, 0.3) is 5.91 Å². The van der Waals surface area contributed by atoms with Crippen molar-refractivity contribution in [1.82, 2.24) is 9.47 Å². The summed E-state index contributed by atoms with van der Waals surface area (Å²) in [6.07, 6.45) is 4.25. The van der Waals surface area contributed by atoms with Gasteiger partial charge in [0.1, 0.15) is 0 Å². The van der Waals surface area contributed by atoms with Crippen LogP contribution in [0.3, 0.4) is 0 Å². The molecule has 1 fully saturated rings. The molecule has 3 rings (SSSR count). The number of carbonyl (C=O) groups is 1. The van der Waals surface area contributed by atoms with Crippen molar-refractivity contribution >= 4 is 21.8 Å². The number of nitrogens with zero attached hydrogens (tertiary/aromatic N) is 2. The van der Waals surface area contributed by atoms with E-state index in [-0.39, 0.29) is 5.91 Å². The third-order valence-corrected chi connectivity index (χ3v) is 4.25. The number of rotatable bonds is 4. The van der Waals surface area contributed by atoms with Crippen molar-refractivity contribution in [2.24, 2.45) is 7.05 Å². The number of aromatic nitrogens is 1. The Morgan fingerprint density at radius 1 is 1.30 bits per heavy atom. The lowest BCUT2D eigenvalue weighted by atomic mass is 10.2. The summed E-state index contributed by atoms with van der Waals surface area (Å²) in [6, 6.07) is 12.1. The zero-order valence-corrected chi connectivity index (χ0v) is 13.0. The molecule has 3 nitrogen and oxygen atoms in total. The highest BCUT2D eigenvalue weighted by Gasteiger charge is 2.33. The Balaban J connectivity index is 1.82. The van der Waals surface area contributed by atoms with Gasteiger partial charge in [-0.25, -0.2) is 0 Å². The van der Waals surface area contributed by atoms with Gasteiger partial charge in [0.2, 0.25) is 0 Å². The summed E-state index contributed by atoms with van der Waals surface area (Å²) in [5.41, 5.74) is 1.93. The molecule has 0 saturated heterocycles. The molecule has 0 N–H and O–H groups in total. The average Bonchev–Trinajstić information content (AvgIpc) is 3.20. The van der Waals surface area contributed by atoms with Gasteiger partial charge < -0.3 is 9.47 Å². The molecule has 1 aromatic carbocycles. The number of hydrogen-bond acceptors (Lipinski definition) is 1. The van der Waals surface area contributed by atoms with Crippen molar-refractivity contribution in [2.75, 3.05) is 0 Å². The van der Waals surface area contributed by atoms with Gasteiger partial charge >= 0.3 is 0 Å². The van der Waals surface area contributed by atoms with Crippen LogP contribution >= 0.6 is 15.9 Å². The second-order valence-electron chi connectivity index (χ2n) is 5.28. The molecule has 1 aliphatic rings. The van der Waals surface area contributed by atoms with Crippen LogP contribution in [0.25, 0.3) is 0 Å². The number of hydrogen-bond donors (Lipinski definition) is 0. The third kappa shape index (κ3) is 2.80. The van der Waals surface area contributed by atoms with Crippen LogP contribution in [0.15, 0.2) is 47.1 Å². The maximum atomic E-state index is 12.7. The van der Waals surface area contributed by atoms with Gasteiger partial charge in [-0.2, -0.15) is 0 Å². The molecule has 0 atom stereocenters. The average molecular weight is 333 g/mol. The molecule has 1 aromatic heterocycles. The number of carbonyl (C=O) groups excluding carboxylic acids is 1. The van der Waals surface area contributed by atoms with Gasteiger partial charge in [-0.1, -0.05) is 15.9 Å². The molecule has 1 aliphatic carbocycles. The standard InChI is InChI=1S/C16H17BrN2O/c1-18-10-2-3-15(18)11-19(14-8-9-14)16(20)12-4-6-13(17)7-5-12/h2-7,10,14H,8-9,11H2,1H3. The topological polar surface area (TPSA) is 25.2 Å². The first kappa shape index (κ1) is 13.4. The molecule has 0 spiro atoms. The van der Waals surface area contributed by atoms with Gasteiger partial charge in [-0.05, 0) is 49.2 Å². The summed E-state index contributed by atoms with van der Waals surface area (Å²) in [7, 11) is 2.02. The summed E-state index contributed by atoms with van der Waals surface area (Å²) >= 11 is 3.40. The Morgan fingerprint density at radius 3 is 2.55 bits per heavy atom. The molecule has 104 valence electrons. The van der Waals surface area contributed by atoms with E-state index in [1.807, 2.05) is 48.5 Å². The molecule has 20 heavy (non-hydrogen) atoms. The first-order chi connectivity index (χ1) is 9.65. The first-order valence-electron chi connectivity index (χ1n) is 6.82. The van der Waals surface area contributed by atoms with E-state index in [1.165, 1.54) is 5.69 Å². The van der Waals surface area contributed by atoms with E-state index in [4.69, 9.17) is 0 Å². The second kappa shape index (κ2) is 5.44. The third-order valence-electron chi connectivity index (χ3n) is 3.72. The lowest BCUT2D eigenvalue weighted by molar-refractivity contribution is 0.0726. The highest BCUT2D eigenvalue weighted by atomic mass is 79.9. The van der Waals surface area contributed by atoms with E-state index in [2.05, 4.69) is 26.6 Å². The van der Waals surface area contributed by atoms with Gasteiger partial charge in [-0.15, -0.1) is 0 Å². The Bertz CT molecular complexity index is 614. The van der Waals surface area contributed by atoms with Gasteiger partial charge in [0.05, 0.1) is 6.54 Å². The van der Waals surface area contributed by atoms with Crippen LogP contribution in [0.5, 0.6) is 0 Å². The van der Waals surface area contributed by atoms with Gasteiger partial charge in [0.15, 0.2) is 0 Å². The molecule has 0 aliphatic heterocycles. The van der Waals surface area contributed by atoms with Crippen LogP contribution in [0.4, 0.5) is 0 Å². The fourth-order valence-corrected chi connectivity index (χ4v) is 2.61. The Labute approximate surface area is 127 Å². The van der Waals surface area contributed by atoms with Crippen LogP contribution < -0.4 is 0 Å². The molecule has 1 saturated carbocycles. The molecular weight excluding hydrogens is 316 g/mol. The van der Waals surface area contributed by atoms with E-state index in [0.717, 1.165) is 22.9 Å². The summed E-state index contributed by atoms with van der Waals surface area (Å²) in [4.78, 5) is 14.7. The van der Waals surface area contributed by atoms with Crippen LogP contribution in [0.2, 0.25) is 0 Å². The number of halogens is 1. The second-order valence-corrected chi connectivity index (χ2v) is 6.20. The van der Waals surface area contributed by atoms with Crippen molar-refractivity contribution in [3.05, 3.63) is 58.3 Å². The Morgan fingerprint density at radius 2 is 2.00 bits per heavy atom. The molecule has 1 amide bonds. The molecule has 0 bridgehead atoms. The minimum absolute atomic E-state index is 0.126. The van der Waals surface area contributed by atoms with Crippen molar-refractivity contribution in [1.29, 1.82) is 0 Å². The van der Waals surface area contributed by atoms with Crippen molar-refractivity contribution in [2.45, 2.75) is 25.4 Å². The van der Waals surface area contributed by atoms with E-state index < -0.39 is 0 Å². The van der Waals surface area contributed by atoms with Crippen molar-refractivity contribution in [3.8, 4) is 0 Å². The van der Waals surface area contributed by atoms with Gasteiger partial charge in [-0.3, -0.25) is 4.79 Å². The van der Waals surface area contributed by atoms with Crippen LogP contribution in [-0.2, 0) is 13.6 Å². The zero-order valence-electron chi connectivity index (χ0n) is 11.4. The maximum absolute atomic E-state index is 12.7. The van der Waals surface area contributed by atoms with Gasteiger partial charge in [0, 0.05) is 35.0 Å². The Kier molecular flexibility index (Phi) is 3.66. The molecule has 0 radical (unpaired) electrons. The number of benzene rings is 1. The predicted octanol–water partition coefficient (Wildman–Crippen LogP) is 3.59. The largest absolute Gasteiger partial charge is 0.353 e. The quantitative estimate of drug-likeness (QED) is 0.839. The monoisotopic (exact) mass is 332 g/mol. The maximum Gasteiger partial charge on any atom is 0.254 e. The minimum atomic E-state index is 0.126. The van der Waals surface area contributed by atoms with Crippen LogP contribution in [-0.4, -0.2) is 21.4 Å². The molecule has 2 aromatic rings. The Hall–Kier alpha value is -1.55. The molecular formula is C16H17BrN2O. The molecule has 1 heterocycles. The fraction of sp³-hybridized carbons (Fsp3) is 0.312. The normalized spacial score (nSPS) is 14.3. The summed E-state index contributed by atoms with van der Waals surface area (Å²) in [6.45, 7) is 0.684. The SMILES string of the molecule is Cn1cccc1CN(C(=O)c1ccc(Br)cc1)C1CC1. The van der Waals surface area contributed by atoms with Crippen LogP contribution in [0.1, 0.15) is 28.9 Å². The van der Waals surface area contributed by atoms with Crippen LogP contribution in [0, 0.1) is 0 Å². The molecule has 4 heteroatoms. The lowest BCUT2D eigenvalue weighted by Crippen LogP contribution is -2.33. The highest BCUT2D eigenvalue weighted by molar-refractivity contribution is 9.10. The van der Waals surface area contributed by atoms with E-state index in [0.29, 0.717) is 12.6 Å². The van der Waals surface area contributed by atoms with E-state index in [1.54, 1.807) is 0 Å². The predicted molar refractivity (Wildman–Crippen MR) is 82.5 cm³/mol. The zero-order chi connectivity index (χ0) is 14.1. The number of amides is 1. The summed E-state index contributed by atoms with van der Waals surface area (Å²) < 4.78 is 3.07. The van der Waals surface area contributed by atoms with E-state index in [9.17, 15) is 4.79 Å². The first-order valence-corrected chi connectivity index (χ1v) is 7.61. The minimum Gasteiger partial charge on any atom is -0.353 e. The summed E-state index contributed by atoms with van der Waals surface area (Å²) in [5.74, 6) is 0.126. The smallest absolute Gasteiger partial charge is 0.254 e. The van der Waals surface area contributed by atoms with Crippen molar-refractivity contribution in [3.63, 3.8) is 0 Å². The molecule has 0 unspecified atom stereocenters. The number of aryl methyl sites for hydroxylation is 1. The fourth-order valence-electron chi connectivity index (χ4n) is 2.35. The highest BCUT2D eigenvalue weighted by Crippen LogP contribution is 2.30. The summed E-state index contributed by atoms with van der Waals surface area (Å²) in [5, 5.41) is 0. The van der Waals surface area contributed by atoms with E-state index >= 15 is 0 Å². The van der Waals surface area contributed by atoms with Crippen molar-refractivity contribution < 1.29 is 4.79 Å².